The molecule has 0 spiro atoms. The standard InChI is InChI=1S/C26H29F3N6O4/c1-15-9-17-12-31-35(20(17)10-19(15)16-4-7-30-8-5-16)22-11-21(32-24(33-22)37-2)34-13-18-3-6-25(14-34,38-18)39-23(36)26(27,28)29/h9-12,16,18,30H,3-8,13-14H2,1-2H3. The van der Waals surface area contributed by atoms with Crippen LogP contribution in [-0.4, -0.2) is 77.1 Å². The highest BCUT2D eigenvalue weighted by Crippen LogP contribution is 2.40. The number of aryl methyl sites for hydroxylation is 1. The van der Waals surface area contributed by atoms with Crippen molar-refractivity contribution >= 4 is 22.7 Å². The Morgan fingerprint density at radius 3 is 2.67 bits per heavy atom. The number of fused-ring (bicyclic) bond motifs is 3. The lowest BCUT2D eigenvalue weighted by molar-refractivity contribution is -0.258. The average Bonchev–Trinajstić information content (AvgIpc) is 3.46. The summed E-state index contributed by atoms with van der Waals surface area (Å²) < 4.78 is 56.6. The quantitative estimate of drug-likeness (QED) is 0.483. The van der Waals surface area contributed by atoms with E-state index in [-0.39, 0.29) is 19.0 Å². The summed E-state index contributed by atoms with van der Waals surface area (Å²) in [6, 6.07) is 6.09. The number of nitrogens with one attached hydrogen (secondary N) is 1. The van der Waals surface area contributed by atoms with Crippen LogP contribution in [0.5, 0.6) is 6.01 Å². The van der Waals surface area contributed by atoms with E-state index < -0.39 is 24.0 Å². The van der Waals surface area contributed by atoms with Crippen molar-refractivity contribution in [3.8, 4) is 11.8 Å². The van der Waals surface area contributed by atoms with E-state index in [0.29, 0.717) is 30.5 Å². The Kier molecular flexibility index (Phi) is 6.37. The van der Waals surface area contributed by atoms with Gasteiger partial charge in [-0.1, -0.05) is 0 Å². The van der Waals surface area contributed by atoms with Crippen LogP contribution in [0.15, 0.2) is 24.4 Å². The van der Waals surface area contributed by atoms with E-state index in [4.69, 9.17) is 14.2 Å². The molecule has 0 aliphatic carbocycles. The number of aromatic nitrogens is 4. The monoisotopic (exact) mass is 546 g/mol. The maximum Gasteiger partial charge on any atom is 0.491 e. The van der Waals surface area contributed by atoms with E-state index in [2.05, 4.69) is 39.4 Å². The highest BCUT2D eigenvalue weighted by atomic mass is 19.4. The number of ether oxygens (including phenoxy) is 3. The Labute approximate surface area is 222 Å². The van der Waals surface area contributed by atoms with Crippen LogP contribution < -0.4 is 15.0 Å². The Morgan fingerprint density at radius 1 is 1.15 bits per heavy atom. The number of esters is 1. The van der Waals surface area contributed by atoms with E-state index in [0.717, 1.165) is 36.8 Å². The van der Waals surface area contributed by atoms with Gasteiger partial charge in [-0.25, -0.2) is 9.48 Å². The molecule has 208 valence electrons. The van der Waals surface area contributed by atoms with Crippen molar-refractivity contribution in [3.63, 3.8) is 0 Å². The molecule has 39 heavy (non-hydrogen) atoms. The molecule has 1 N–H and O–H groups in total. The molecule has 0 saturated carbocycles. The summed E-state index contributed by atoms with van der Waals surface area (Å²) in [6.45, 7) is 4.34. The minimum absolute atomic E-state index is 0.0806. The third-order valence-electron chi connectivity index (χ3n) is 7.73. The third-order valence-corrected chi connectivity index (χ3v) is 7.73. The van der Waals surface area contributed by atoms with Crippen LogP contribution in [0.1, 0.15) is 42.7 Å². The largest absolute Gasteiger partial charge is 0.491 e. The van der Waals surface area contributed by atoms with E-state index in [1.54, 1.807) is 21.8 Å². The van der Waals surface area contributed by atoms with Gasteiger partial charge in [-0.2, -0.15) is 28.2 Å². The number of nitrogens with zero attached hydrogens (tertiary/aromatic N) is 5. The molecule has 2 bridgehead atoms. The predicted molar refractivity (Wildman–Crippen MR) is 134 cm³/mol. The van der Waals surface area contributed by atoms with E-state index in [9.17, 15) is 18.0 Å². The highest BCUT2D eigenvalue weighted by molar-refractivity contribution is 5.82. The first-order valence-corrected chi connectivity index (χ1v) is 13.0. The van der Waals surface area contributed by atoms with Crippen LogP contribution >= 0.6 is 0 Å². The number of halogens is 3. The second-order valence-electron chi connectivity index (χ2n) is 10.4. The van der Waals surface area contributed by atoms with Gasteiger partial charge in [-0.3, -0.25) is 0 Å². The third kappa shape index (κ3) is 4.89. The SMILES string of the molecule is COc1nc(N2CC3CCC(OC(=O)C(F)(F)F)(C2)O3)cc(-n2ncc3cc(C)c(C4CCNCC4)cc32)n1. The second-order valence-corrected chi connectivity index (χ2v) is 10.4. The number of alkyl halides is 3. The summed E-state index contributed by atoms with van der Waals surface area (Å²) in [4.78, 5) is 22.4. The zero-order chi connectivity index (χ0) is 27.4. The van der Waals surface area contributed by atoms with Crippen LogP contribution in [0.3, 0.4) is 0 Å². The van der Waals surface area contributed by atoms with Crippen molar-refractivity contribution in [3.05, 3.63) is 35.5 Å². The van der Waals surface area contributed by atoms with E-state index in [1.807, 2.05) is 0 Å². The number of hydrogen-bond acceptors (Lipinski definition) is 9. The van der Waals surface area contributed by atoms with E-state index in [1.165, 1.54) is 18.2 Å². The second kappa shape index (κ2) is 9.63. The minimum atomic E-state index is -5.11. The molecule has 2 unspecified atom stereocenters. The van der Waals surface area contributed by atoms with Gasteiger partial charge in [-0.15, -0.1) is 0 Å². The number of carbonyl (C=O) groups is 1. The van der Waals surface area contributed by atoms with Gasteiger partial charge in [0.15, 0.2) is 5.82 Å². The lowest BCUT2D eigenvalue weighted by Crippen LogP contribution is -2.54. The fraction of sp³-hybridized carbons (Fsp3) is 0.538. The first-order valence-electron chi connectivity index (χ1n) is 13.0. The number of morpholine rings is 1. The van der Waals surface area contributed by atoms with Crippen LogP contribution in [-0.2, 0) is 14.3 Å². The van der Waals surface area contributed by atoms with Gasteiger partial charge in [0, 0.05) is 24.4 Å². The molecular formula is C26H29F3N6O4. The summed E-state index contributed by atoms with van der Waals surface area (Å²) in [5, 5.41) is 8.97. The number of anilines is 1. The zero-order valence-corrected chi connectivity index (χ0v) is 21.6. The van der Waals surface area contributed by atoms with Crippen molar-refractivity contribution in [2.75, 3.05) is 38.2 Å². The molecule has 5 heterocycles. The molecule has 3 fully saturated rings. The summed E-state index contributed by atoms with van der Waals surface area (Å²) >= 11 is 0. The lowest BCUT2D eigenvalue weighted by Gasteiger charge is -2.40. The molecule has 1 aromatic carbocycles. The van der Waals surface area contributed by atoms with Gasteiger partial charge < -0.3 is 24.4 Å². The molecule has 13 heteroatoms. The van der Waals surface area contributed by atoms with Gasteiger partial charge in [-0.05, 0) is 68.5 Å². The summed E-state index contributed by atoms with van der Waals surface area (Å²) in [6.07, 6.45) is -1.01. The van der Waals surface area contributed by atoms with Crippen LogP contribution in [0.4, 0.5) is 19.0 Å². The van der Waals surface area contributed by atoms with Crippen LogP contribution in [0.25, 0.3) is 16.7 Å². The molecular weight excluding hydrogens is 517 g/mol. The Balaban J connectivity index is 1.35. The van der Waals surface area contributed by atoms with Crippen molar-refractivity contribution in [1.29, 1.82) is 0 Å². The molecule has 6 rings (SSSR count). The zero-order valence-electron chi connectivity index (χ0n) is 21.6. The maximum absolute atomic E-state index is 13.0. The number of hydrogen-bond donors (Lipinski definition) is 1. The normalized spacial score (nSPS) is 23.8. The number of piperidine rings is 1. The Hall–Kier alpha value is -3.45. The van der Waals surface area contributed by atoms with E-state index >= 15 is 0 Å². The molecule has 3 aliphatic heterocycles. The molecule has 0 radical (unpaired) electrons. The van der Waals surface area contributed by atoms with Crippen LogP contribution in [0.2, 0.25) is 0 Å². The first kappa shape index (κ1) is 25.8. The van der Waals surface area contributed by atoms with Crippen molar-refractivity contribution in [2.24, 2.45) is 0 Å². The van der Waals surface area contributed by atoms with Gasteiger partial charge >= 0.3 is 18.2 Å². The lowest BCUT2D eigenvalue weighted by atomic mass is 9.87. The minimum Gasteiger partial charge on any atom is -0.467 e. The predicted octanol–water partition coefficient (Wildman–Crippen LogP) is 3.40. The van der Waals surface area contributed by atoms with Gasteiger partial charge in [0.25, 0.3) is 0 Å². The van der Waals surface area contributed by atoms with Crippen molar-refractivity contribution < 1.29 is 32.2 Å². The number of rotatable bonds is 5. The topological polar surface area (TPSA) is 104 Å². The summed E-state index contributed by atoms with van der Waals surface area (Å²) in [7, 11) is 1.44. The number of carbonyl (C=O) groups excluding carboxylic acids is 1. The van der Waals surface area contributed by atoms with Crippen molar-refractivity contribution in [1.82, 2.24) is 25.1 Å². The maximum atomic E-state index is 13.0. The highest BCUT2D eigenvalue weighted by Gasteiger charge is 2.54. The van der Waals surface area contributed by atoms with Crippen LogP contribution in [0, 0.1) is 6.92 Å². The summed E-state index contributed by atoms with van der Waals surface area (Å²) in [5.41, 5.74) is 3.39. The smallest absolute Gasteiger partial charge is 0.467 e. The Morgan fingerprint density at radius 2 is 1.92 bits per heavy atom. The fourth-order valence-corrected chi connectivity index (χ4v) is 5.88. The van der Waals surface area contributed by atoms with Gasteiger partial charge in [0.1, 0.15) is 5.82 Å². The number of benzene rings is 1. The summed E-state index contributed by atoms with van der Waals surface area (Å²) in [5.74, 6) is -2.66. The molecule has 2 atom stereocenters. The molecule has 3 aliphatic rings. The average molecular weight is 547 g/mol. The Bertz CT molecular complexity index is 1410. The van der Waals surface area contributed by atoms with Gasteiger partial charge in [0.05, 0.1) is 31.5 Å². The molecule has 0 amide bonds. The molecule has 3 saturated heterocycles. The van der Waals surface area contributed by atoms with Crippen molar-refractivity contribution in [2.45, 2.75) is 56.6 Å². The van der Waals surface area contributed by atoms with Gasteiger partial charge in [0.2, 0.25) is 5.79 Å². The molecule has 3 aromatic rings. The molecule has 10 nitrogen and oxygen atoms in total. The number of methoxy groups -OCH3 is 1. The first-order chi connectivity index (χ1) is 18.6. The fourth-order valence-electron chi connectivity index (χ4n) is 5.88. The molecule has 2 aromatic heterocycles.